The largest absolute Gasteiger partial charge is 0.481 e. The van der Waals surface area contributed by atoms with E-state index in [4.69, 9.17) is 4.74 Å². The van der Waals surface area contributed by atoms with E-state index in [2.05, 4.69) is 5.32 Å². The van der Waals surface area contributed by atoms with E-state index in [0.717, 1.165) is 24.9 Å². The molecule has 1 aromatic carbocycles. The number of hydrogen-bond acceptors (Lipinski definition) is 3. The van der Waals surface area contributed by atoms with Crippen molar-refractivity contribution >= 4 is 17.6 Å². The van der Waals surface area contributed by atoms with Crippen LogP contribution in [-0.4, -0.2) is 29.2 Å². The highest BCUT2D eigenvalue weighted by Gasteiger charge is 2.53. The first-order valence-corrected chi connectivity index (χ1v) is 7.63. The molecule has 22 heavy (non-hydrogen) atoms. The lowest BCUT2D eigenvalue weighted by Gasteiger charge is -2.21. The Labute approximate surface area is 128 Å². The Bertz CT molecular complexity index is 681. The van der Waals surface area contributed by atoms with E-state index in [1.807, 2.05) is 18.2 Å². The molecule has 0 radical (unpaired) electrons. The van der Waals surface area contributed by atoms with E-state index in [0.29, 0.717) is 0 Å². The lowest BCUT2D eigenvalue weighted by atomic mass is 9.82. The van der Waals surface area contributed by atoms with E-state index in [1.165, 1.54) is 11.1 Å². The number of amides is 1. The molecule has 5 nitrogen and oxygen atoms in total. The van der Waals surface area contributed by atoms with Crippen molar-refractivity contribution in [1.82, 2.24) is 0 Å². The first-order chi connectivity index (χ1) is 10.6. The number of carboxylic acid groups (broad SMARTS) is 1. The second kappa shape index (κ2) is 4.95. The summed E-state index contributed by atoms with van der Waals surface area (Å²) in [6.45, 7) is 0. The van der Waals surface area contributed by atoms with Crippen molar-refractivity contribution in [1.29, 1.82) is 0 Å². The van der Waals surface area contributed by atoms with Crippen molar-refractivity contribution < 1.29 is 19.4 Å². The normalized spacial score (nSPS) is 31.3. The average Bonchev–Trinajstić information content (AvgIpc) is 3.20. The van der Waals surface area contributed by atoms with Crippen LogP contribution in [0.4, 0.5) is 5.69 Å². The fourth-order valence-electron chi connectivity index (χ4n) is 3.79. The van der Waals surface area contributed by atoms with Gasteiger partial charge in [-0.1, -0.05) is 18.2 Å². The maximum atomic E-state index is 12.5. The van der Waals surface area contributed by atoms with Crippen molar-refractivity contribution in [2.75, 3.05) is 5.32 Å². The molecule has 0 unspecified atom stereocenters. The summed E-state index contributed by atoms with van der Waals surface area (Å²) in [4.78, 5) is 23.9. The van der Waals surface area contributed by atoms with Gasteiger partial charge in [0, 0.05) is 5.69 Å². The van der Waals surface area contributed by atoms with Gasteiger partial charge in [-0.15, -0.1) is 0 Å². The summed E-state index contributed by atoms with van der Waals surface area (Å²) in [6.07, 6.45) is 5.89. The Balaban J connectivity index is 1.55. The molecule has 1 aliphatic carbocycles. The van der Waals surface area contributed by atoms with Crippen molar-refractivity contribution in [3.05, 3.63) is 41.5 Å². The van der Waals surface area contributed by atoms with Gasteiger partial charge < -0.3 is 15.2 Å². The third-order valence-electron chi connectivity index (χ3n) is 4.85. The van der Waals surface area contributed by atoms with Crippen molar-refractivity contribution in [2.24, 2.45) is 11.8 Å². The average molecular weight is 299 g/mol. The number of ether oxygens (including phenoxy) is 1. The number of rotatable bonds is 3. The number of fused-ring (bicyclic) bond motifs is 3. The minimum Gasteiger partial charge on any atom is -0.481 e. The molecule has 2 bridgehead atoms. The van der Waals surface area contributed by atoms with Gasteiger partial charge in [0.1, 0.15) is 5.92 Å². The molecule has 1 amide bonds. The van der Waals surface area contributed by atoms with Gasteiger partial charge in [0.25, 0.3) is 0 Å². The van der Waals surface area contributed by atoms with Gasteiger partial charge in [0.15, 0.2) is 0 Å². The quantitative estimate of drug-likeness (QED) is 0.834. The summed E-state index contributed by atoms with van der Waals surface area (Å²) in [5.74, 6) is -2.72. The predicted molar refractivity (Wildman–Crippen MR) is 79.5 cm³/mol. The number of carbonyl (C=O) groups excluding carboxylic acids is 1. The van der Waals surface area contributed by atoms with Crippen LogP contribution in [0.25, 0.3) is 0 Å². The predicted octanol–water partition coefficient (Wildman–Crippen LogP) is 1.77. The summed E-state index contributed by atoms with van der Waals surface area (Å²) < 4.78 is 5.54. The maximum Gasteiger partial charge on any atom is 0.310 e. The number of aliphatic carboxylic acids is 1. The first kappa shape index (κ1) is 13.5. The summed E-state index contributed by atoms with van der Waals surface area (Å²) >= 11 is 0. The van der Waals surface area contributed by atoms with Gasteiger partial charge in [-0.3, -0.25) is 9.59 Å². The molecular weight excluding hydrogens is 282 g/mol. The molecule has 1 saturated heterocycles. The summed E-state index contributed by atoms with van der Waals surface area (Å²) in [7, 11) is 0. The van der Waals surface area contributed by atoms with E-state index in [1.54, 1.807) is 12.2 Å². The van der Waals surface area contributed by atoms with Crippen LogP contribution in [0.2, 0.25) is 0 Å². The lowest BCUT2D eigenvalue weighted by molar-refractivity contribution is -0.145. The highest BCUT2D eigenvalue weighted by Crippen LogP contribution is 2.40. The van der Waals surface area contributed by atoms with E-state index < -0.39 is 30.0 Å². The summed E-state index contributed by atoms with van der Waals surface area (Å²) in [5, 5.41) is 12.2. The zero-order chi connectivity index (χ0) is 15.3. The molecule has 2 heterocycles. The van der Waals surface area contributed by atoms with E-state index in [9.17, 15) is 14.7 Å². The molecule has 114 valence electrons. The van der Waals surface area contributed by atoms with Crippen LogP contribution < -0.4 is 5.32 Å². The number of hydrogen-bond donors (Lipinski definition) is 2. The van der Waals surface area contributed by atoms with Gasteiger partial charge in [0.05, 0.1) is 18.1 Å². The van der Waals surface area contributed by atoms with Crippen molar-refractivity contribution in [3.63, 3.8) is 0 Å². The summed E-state index contributed by atoms with van der Waals surface area (Å²) in [6, 6.07) is 5.94. The molecule has 2 N–H and O–H groups in total. The number of benzene rings is 1. The van der Waals surface area contributed by atoms with Gasteiger partial charge in [-0.25, -0.2) is 0 Å². The second-order valence-corrected chi connectivity index (χ2v) is 6.17. The molecule has 0 spiro atoms. The second-order valence-electron chi connectivity index (χ2n) is 6.17. The van der Waals surface area contributed by atoms with Crippen LogP contribution in [-0.2, 0) is 27.2 Å². The highest BCUT2D eigenvalue weighted by atomic mass is 16.5. The van der Waals surface area contributed by atoms with Gasteiger partial charge in [-0.2, -0.15) is 0 Å². The molecule has 0 aromatic heterocycles. The molecular formula is C17H17NO4. The van der Waals surface area contributed by atoms with Crippen LogP contribution in [0.1, 0.15) is 17.5 Å². The topological polar surface area (TPSA) is 75.6 Å². The third-order valence-corrected chi connectivity index (χ3v) is 4.85. The molecule has 4 rings (SSSR count). The fourth-order valence-corrected chi connectivity index (χ4v) is 3.79. The van der Waals surface area contributed by atoms with Crippen molar-refractivity contribution in [2.45, 2.75) is 31.5 Å². The van der Waals surface area contributed by atoms with Crippen LogP contribution in [0.5, 0.6) is 0 Å². The zero-order valence-corrected chi connectivity index (χ0v) is 12.0. The number of nitrogens with one attached hydrogen (secondary N) is 1. The Morgan fingerprint density at radius 3 is 2.59 bits per heavy atom. The van der Waals surface area contributed by atoms with Crippen molar-refractivity contribution in [3.8, 4) is 0 Å². The Kier molecular flexibility index (Phi) is 3.04. The SMILES string of the molecule is O=C(O)[C@@H]1[C@H](C(=O)Nc2ccc3c(c2)CCC3)[C@H]2C=C[C@H]1O2. The Hall–Kier alpha value is -2.14. The van der Waals surface area contributed by atoms with Gasteiger partial charge >= 0.3 is 5.97 Å². The standard InChI is InChI=1S/C17H17NO4/c19-16(14-12-6-7-13(22-12)15(14)17(20)21)18-11-5-4-9-2-1-3-10(9)8-11/h4-8,12-15H,1-3H2,(H,18,19)(H,20,21)/t12-,13-,14-,15+/m1/s1. The molecule has 1 fully saturated rings. The zero-order valence-electron chi connectivity index (χ0n) is 12.0. The minimum absolute atomic E-state index is 0.276. The summed E-state index contributed by atoms with van der Waals surface area (Å²) in [5.41, 5.74) is 3.35. The molecule has 0 saturated carbocycles. The van der Waals surface area contributed by atoms with Crippen LogP contribution in [0.3, 0.4) is 0 Å². The number of carboxylic acids is 1. The Morgan fingerprint density at radius 1 is 1.09 bits per heavy atom. The maximum absolute atomic E-state index is 12.5. The third kappa shape index (κ3) is 2.04. The highest BCUT2D eigenvalue weighted by molar-refractivity contribution is 5.96. The Morgan fingerprint density at radius 2 is 1.82 bits per heavy atom. The molecule has 4 atom stereocenters. The van der Waals surface area contributed by atoms with Crippen LogP contribution >= 0.6 is 0 Å². The molecule has 5 heteroatoms. The lowest BCUT2D eigenvalue weighted by Crippen LogP contribution is -2.39. The monoisotopic (exact) mass is 299 g/mol. The molecule has 3 aliphatic rings. The van der Waals surface area contributed by atoms with Crippen LogP contribution in [0, 0.1) is 11.8 Å². The van der Waals surface area contributed by atoms with Gasteiger partial charge in [0.2, 0.25) is 5.91 Å². The number of anilines is 1. The first-order valence-electron chi connectivity index (χ1n) is 7.63. The van der Waals surface area contributed by atoms with Crippen LogP contribution in [0.15, 0.2) is 30.4 Å². The fraction of sp³-hybridized carbons (Fsp3) is 0.412. The number of aryl methyl sites for hydroxylation is 2. The molecule has 2 aliphatic heterocycles. The number of carbonyl (C=O) groups is 2. The van der Waals surface area contributed by atoms with Gasteiger partial charge in [-0.05, 0) is 42.5 Å². The van der Waals surface area contributed by atoms with E-state index >= 15 is 0 Å². The minimum atomic E-state index is -0.981. The molecule has 1 aromatic rings. The van der Waals surface area contributed by atoms with E-state index in [-0.39, 0.29) is 5.91 Å². The smallest absolute Gasteiger partial charge is 0.310 e.